The van der Waals surface area contributed by atoms with Gasteiger partial charge >= 0.3 is 11.9 Å². The SMILES string of the molecule is CC(C)CCC(=O)OCCCOC(OC(=O)CCC(C)C)N1CNc2c1nc(N)[nH]c2=O. The van der Waals surface area contributed by atoms with Gasteiger partial charge in [0.15, 0.2) is 5.82 Å². The molecule has 2 heterocycles. The fraction of sp³-hybridized carbons (Fsp3) is 0.714. The van der Waals surface area contributed by atoms with Crippen LogP contribution in [0.4, 0.5) is 17.5 Å². The van der Waals surface area contributed by atoms with Crippen molar-refractivity contribution in [2.45, 2.75) is 66.2 Å². The molecule has 1 aromatic rings. The standard InChI is InChI=1S/C21H35N5O6/c1-13(2)6-8-15(27)30-10-5-11-31-21(32-16(28)9-7-14(3)4)26-12-23-17-18(26)24-20(22)25-19(17)29/h13-14,21,23H,5-12H2,1-4H3,(H3,22,24,25,29). The predicted octanol–water partition coefficient (Wildman–Crippen LogP) is 2.19. The molecule has 180 valence electrons. The number of ether oxygens (including phenoxy) is 3. The number of hydrogen-bond donors (Lipinski definition) is 3. The molecule has 0 fully saturated rings. The van der Waals surface area contributed by atoms with Gasteiger partial charge in [0, 0.05) is 19.3 Å². The number of anilines is 3. The summed E-state index contributed by atoms with van der Waals surface area (Å²) >= 11 is 0. The number of carbonyl (C=O) groups excluding carboxylic acids is 2. The van der Waals surface area contributed by atoms with Crippen molar-refractivity contribution in [1.29, 1.82) is 0 Å². The van der Waals surface area contributed by atoms with Crippen molar-refractivity contribution in [2.24, 2.45) is 11.8 Å². The minimum atomic E-state index is -1.10. The van der Waals surface area contributed by atoms with Crippen LogP contribution in [0.5, 0.6) is 0 Å². The van der Waals surface area contributed by atoms with E-state index in [2.05, 4.69) is 15.3 Å². The topological polar surface area (TPSA) is 149 Å². The maximum atomic E-state index is 12.3. The Morgan fingerprint density at radius 1 is 1.09 bits per heavy atom. The van der Waals surface area contributed by atoms with E-state index in [1.54, 1.807) is 0 Å². The zero-order chi connectivity index (χ0) is 23.7. The van der Waals surface area contributed by atoms with E-state index in [0.717, 1.165) is 6.42 Å². The normalized spacial score (nSPS) is 13.8. The summed E-state index contributed by atoms with van der Waals surface area (Å²) in [7, 11) is 0. The molecule has 1 aliphatic heterocycles. The van der Waals surface area contributed by atoms with Crippen LogP contribution in [0.2, 0.25) is 0 Å². The van der Waals surface area contributed by atoms with E-state index in [1.165, 1.54) is 4.90 Å². The lowest BCUT2D eigenvalue weighted by Crippen LogP contribution is -2.41. The van der Waals surface area contributed by atoms with Crippen LogP contribution in [0.25, 0.3) is 0 Å². The molecular weight excluding hydrogens is 418 g/mol. The Morgan fingerprint density at radius 2 is 1.75 bits per heavy atom. The van der Waals surface area contributed by atoms with Gasteiger partial charge in [-0.1, -0.05) is 27.7 Å². The number of nitrogens with zero attached hydrogens (tertiary/aromatic N) is 2. The number of hydrogen-bond acceptors (Lipinski definition) is 10. The number of esters is 2. The van der Waals surface area contributed by atoms with Gasteiger partial charge in [0.25, 0.3) is 12.0 Å². The minimum Gasteiger partial charge on any atom is -0.466 e. The van der Waals surface area contributed by atoms with Crippen LogP contribution in [0.1, 0.15) is 59.8 Å². The number of carbonyl (C=O) groups is 2. The third-order valence-electron chi connectivity index (χ3n) is 4.77. The van der Waals surface area contributed by atoms with Crippen LogP contribution >= 0.6 is 0 Å². The molecule has 0 amide bonds. The van der Waals surface area contributed by atoms with Crippen LogP contribution in [-0.4, -0.2) is 48.2 Å². The summed E-state index contributed by atoms with van der Waals surface area (Å²) < 4.78 is 16.5. The van der Waals surface area contributed by atoms with Crippen LogP contribution in [0.3, 0.4) is 0 Å². The van der Waals surface area contributed by atoms with Gasteiger partial charge in [-0.25, -0.2) is 0 Å². The average molecular weight is 454 g/mol. The number of nitrogen functional groups attached to an aromatic ring is 1. The van der Waals surface area contributed by atoms with E-state index in [0.29, 0.717) is 31.1 Å². The molecule has 32 heavy (non-hydrogen) atoms. The highest BCUT2D eigenvalue weighted by Gasteiger charge is 2.32. The summed E-state index contributed by atoms with van der Waals surface area (Å²) in [5, 5.41) is 2.91. The molecule has 0 radical (unpaired) electrons. The second-order valence-corrected chi connectivity index (χ2v) is 8.56. The zero-order valence-corrected chi connectivity index (χ0v) is 19.3. The highest BCUT2D eigenvalue weighted by molar-refractivity contribution is 5.73. The molecule has 1 atom stereocenters. The van der Waals surface area contributed by atoms with Crippen molar-refractivity contribution >= 4 is 29.4 Å². The van der Waals surface area contributed by atoms with Crippen molar-refractivity contribution < 1.29 is 23.8 Å². The third-order valence-corrected chi connectivity index (χ3v) is 4.77. The lowest BCUT2D eigenvalue weighted by atomic mass is 10.1. The Balaban J connectivity index is 1.95. The Kier molecular flexibility index (Phi) is 9.76. The maximum absolute atomic E-state index is 12.3. The largest absolute Gasteiger partial charge is 0.466 e. The van der Waals surface area contributed by atoms with Crippen LogP contribution in [0.15, 0.2) is 4.79 Å². The zero-order valence-electron chi connectivity index (χ0n) is 19.3. The highest BCUT2D eigenvalue weighted by Crippen LogP contribution is 2.28. The van der Waals surface area contributed by atoms with Gasteiger partial charge in [-0.3, -0.25) is 24.3 Å². The number of aromatic amines is 1. The van der Waals surface area contributed by atoms with Gasteiger partial charge in [0.1, 0.15) is 5.69 Å². The van der Waals surface area contributed by atoms with E-state index in [9.17, 15) is 14.4 Å². The van der Waals surface area contributed by atoms with Gasteiger partial charge in [0.05, 0.1) is 19.9 Å². The number of nitrogens with one attached hydrogen (secondary N) is 2. The maximum Gasteiger partial charge on any atom is 0.309 e. The predicted molar refractivity (Wildman–Crippen MR) is 120 cm³/mol. The van der Waals surface area contributed by atoms with Gasteiger partial charge < -0.3 is 25.3 Å². The summed E-state index contributed by atoms with van der Waals surface area (Å²) in [6.07, 6.45) is 1.40. The number of aromatic nitrogens is 2. The Bertz CT molecular complexity index is 825. The molecule has 0 aliphatic carbocycles. The molecule has 2 rings (SSSR count). The van der Waals surface area contributed by atoms with Gasteiger partial charge in [-0.2, -0.15) is 4.98 Å². The minimum absolute atomic E-state index is 0.0550. The van der Waals surface area contributed by atoms with E-state index in [1.807, 2.05) is 27.7 Å². The van der Waals surface area contributed by atoms with Crippen molar-refractivity contribution in [3.8, 4) is 0 Å². The van der Waals surface area contributed by atoms with Crippen LogP contribution in [-0.2, 0) is 23.8 Å². The average Bonchev–Trinajstić information content (AvgIpc) is 3.13. The first kappa shape index (κ1) is 25.4. The highest BCUT2D eigenvalue weighted by atomic mass is 16.7. The van der Waals surface area contributed by atoms with Crippen LogP contribution < -0.4 is 21.5 Å². The molecular formula is C21H35N5O6. The molecule has 4 N–H and O–H groups in total. The van der Waals surface area contributed by atoms with E-state index in [-0.39, 0.29) is 49.7 Å². The Hall–Kier alpha value is -2.82. The lowest BCUT2D eigenvalue weighted by Gasteiger charge is -2.27. The molecule has 0 saturated carbocycles. The number of rotatable bonds is 13. The number of H-pyrrole nitrogens is 1. The monoisotopic (exact) mass is 453 g/mol. The molecule has 1 aromatic heterocycles. The number of nitrogens with two attached hydrogens (primary N) is 1. The third kappa shape index (κ3) is 8.03. The second-order valence-electron chi connectivity index (χ2n) is 8.56. The number of fused-ring (bicyclic) bond motifs is 1. The quantitative estimate of drug-likeness (QED) is 0.230. The molecule has 0 spiro atoms. The molecule has 0 aromatic carbocycles. The van der Waals surface area contributed by atoms with Crippen molar-refractivity contribution in [3.63, 3.8) is 0 Å². The lowest BCUT2D eigenvalue weighted by molar-refractivity contribution is -0.179. The molecule has 1 unspecified atom stereocenters. The van der Waals surface area contributed by atoms with E-state index < -0.39 is 17.9 Å². The van der Waals surface area contributed by atoms with Crippen molar-refractivity contribution in [3.05, 3.63) is 10.4 Å². The van der Waals surface area contributed by atoms with Gasteiger partial charge in [-0.05, 0) is 24.7 Å². The summed E-state index contributed by atoms with van der Waals surface area (Å²) in [5.74, 6) is 0.307. The molecule has 11 heteroatoms. The molecule has 11 nitrogen and oxygen atoms in total. The first-order chi connectivity index (χ1) is 15.2. The second kappa shape index (κ2) is 12.3. The van der Waals surface area contributed by atoms with Gasteiger partial charge in [-0.15, -0.1) is 0 Å². The molecule has 0 saturated heterocycles. The summed E-state index contributed by atoms with van der Waals surface area (Å²) in [6.45, 7) is 8.65. The fourth-order valence-electron chi connectivity index (χ4n) is 2.93. The summed E-state index contributed by atoms with van der Waals surface area (Å²) in [6, 6.07) is 0. The Morgan fingerprint density at radius 3 is 2.41 bits per heavy atom. The van der Waals surface area contributed by atoms with Crippen molar-refractivity contribution in [1.82, 2.24) is 9.97 Å². The summed E-state index contributed by atoms with van der Waals surface area (Å²) in [4.78, 5) is 44.2. The first-order valence-electron chi connectivity index (χ1n) is 11.0. The van der Waals surface area contributed by atoms with Crippen molar-refractivity contribution in [2.75, 3.05) is 35.8 Å². The van der Waals surface area contributed by atoms with E-state index in [4.69, 9.17) is 19.9 Å². The molecule has 0 bridgehead atoms. The first-order valence-corrected chi connectivity index (χ1v) is 11.0. The Labute approximate surface area is 188 Å². The smallest absolute Gasteiger partial charge is 0.309 e. The van der Waals surface area contributed by atoms with Crippen LogP contribution in [0, 0.1) is 11.8 Å². The van der Waals surface area contributed by atoms with Gasteiger partial charge in [0.2, 0.25) is 5.95 Å². The fourth-order valence-corrected chi connectivity index (χ4v) is 2.93. The van der Waals surface area contributed by atoms with E-state index >= 15 is 0 Å². The summed E-state index contributed by atoms with van der Waals surface area (Å²) in [5.41, 5.74) is 5.47. The molecule has 1 aliphatic rings.